The average Bonchev–Trinajstić information content (AvgIpc) is 3.08. The van der Waals surface area contributed by atoms with Crippen molar-refractivity contribution in [1.29, 1.82) is 0 Å². The van der Waals surface area contributed by atoms with Crippen molar-refractivity contribution in [1.82, 2.24) is 9.97 Å². The second-order valence-corrected chi connectivity index (χ2v) is 5.35. The van der Waals surface area contributed by atoms with E-state index in [0.717, 1.165) is 12.1 Å². The van der Waals surface area contributed by atoms with Gasteiger partial charge in [0.15, 0.2) is 5.78 Å². The fourth-order valence-electron chi connectivity index (χ4n) is 2.84. The molecule has 24 heavy (non-hydrogen) atoms. The van der Waals surface area contributed by atoms with Gasteiger partial charge in [-0.05, 0) is 30.3 Å². The lowest BCUT2D eigenvalue weighted by Crippen LogP contribution is -2.17. The molecular formula is C16H9F2N3O3. The summed E-state index contributed by atoms with van der Waals surface area (Å²) in [7, 11) is 0. The number of halogens is 2. The SMILES string of the molecule is O=C1CN(c2nc3c(C(=O)O)c(F)ccc3[nH]2)c2ccc(F)cc21. The molecular weight excluding hydrogens is 320 g/mol. The number of nitrogens with zero attached hydrogens (tertiary/aromatic N) is 2. The predicted octanol–water partition coefficient (Wildman–Crippen LogP) is 2.87. The highest BCUT2D eigenvalue weighted by molar-refractivity contribution is 6.10. The molecule has 0 radical (unpaired) electrons. The molecule has 0 bridgehead atoms. The van der Waals surface area contributed by atoms with E-state index in [2.05, 4.69) is 9.97 Å². The van der Waals surface area contributed by atoms with E-state index < -0.39 is 23.2 Å². The van der Waals surface area contributed by atoms with Crippen molar-refractivity contribution >= 4 is 34.4 Å². The fraction of sp³-hybridized carbons (Fsp3) is 0.0625. The molecule has 3 aromatic rings. The number of carbonyl (C=O) groups is 2. The summed E-state index contributed by atoms with van der Waals surface area (Å²) in [4.78, 5) is 31.8. The van der Waals surface area contributed by atoms with Crippen molar-refractivity contribution in [2.75, 3.05) is 11.4 Å². The molecule has 2 aromatic carbocycles. The van der Waals surface area contributed by atoms with Crippen molar-refractivity contribution in [2.45, 2.75) is 0 Å². The number of anilines is 2. The summed E-state index contributed by atoms with van der Waals surface area (Å²) >= 11 is 0. The molecule has 4 rings (SSSR count). The van der Waals surface area contributed by atoms with Gasteiger partial charge in [-0.3, -0.25) is 4.79 Å². The van der Waals surface area contributed by atoms with E-state index in [1.54, 1.807) is 0 Å². The van der Waals surface area contributed by atoms with Crippen LogP contribution in [0.15, 0.2) is 30.3 Å². The van der Waals surface area contributed by atoms with E-state index in [-0.39, 0.29) is 29.4 Å². The van der Waals surface area contributed by atoms with Gasteiger partial charge in [-0.15, -0.1) is 0 Å². The van der Waals surface area contributed by atoms with E-state index in [0.29, 0.717) is 11.2 Å². The van der Waals surface area contributed by atoms with Crippen LogP contribution in [0.3, 0.4) is 0 Å². The van der Waals surface area contributed by atoms with Crippen molar-refractivity contribution in [2.24, 2.45) is 0 Å². The molecule has 1 aliphatic rings. The Kier molecular flexibility index (Phi) is 2.89. The summed E-state index contributed by atoms with van der Waals surface area (Å²) in [5, 5.41) is 9.17. The number of benzene rings is 2. The molecule has 0 fully saturated rings. The number of carboxylic acid groups (broad SMARTS) is 1. The normalized spacial score (nSPS) is 13.6. The van der Waals surface area contributed by atoms with Crippen molar-refractivity contribution < 1.29 is 23.5 Å². The Labute approximate surface area is 133 Å². The van der Waals surface area contributed by atoms with Gasteiger partial charge < -0.3 is 15.0 Å². The maximum absolute atomic E-state index is 13.8. The molecule has 0 aliphatic carbocycles. The zero-order chi connectivity index (χ0) is 17.0. The molecule has 2 N–H and O–H groups in total. The second kappa shape index (κ2) is 4.85. The Bertz CT molecular complexity index is 1030. The van der Waals surface area contributed by atoms with E-state index >= 15 is 0 Å². The van der Waals surface area contributed by atoms with Crippen LogP contribution in [0, 0.1) is 11.6 Å². The summed E-state index contributed by atoms with van der Waals surface area (Å²) in [6.07, 6.45) is 0. The Balaban J connectivity index is 1.89. The summed E-state index contributed by atoms with van der Waals surface area (Å²) < 4.78 is 27.1. The molecule has 0 spiro atoms. The predicted molar refractivity (Wildman–Crippen MR) is 80.7 cm³/mol. The van der Waals surface area contributed by atoms with Crippen LogP contribution in [-0.4, -0.2) is 33.4 Å². The largest absolute Gasteiger partial charge is 0.478 e. The quantitative estimate of drug-likeness (QED) is 0.755. The molecule has 6 nitrogen and oxygen atoms in total. The first-order valence-electron chi connectivity index (χ1n) is 6.97. The topological polar surface area (TPSA) is 86.3 Å². The number of imidazole rings is 1. The summed E-state index contributed by atoms with van der Waals surface area (Å²) in [6.45, 7) is -0.0660. The van der Waals surface area contributed by atoms with Gasteiger partial charge in [0.2, 0.25) is 5.95 Å². The van der Waals surface area contributed by atoms with Gasteiger partial charge in [0.1, 0.15) is 22.7 Å². The monoisotopic (exact) mass is 329 g/mol. The van der Waals surface area contributed by atoms with E-state index in [9.17, 15) is 18.4 Å². The zero-order valence-electron chi connectivity index (χ0n) is 12.0. The number of hydrogen-bond acceptors (Lipinski definition) is 4. The minimum Gasteiger partial charge on any atom is -0.478 e. The number of aromatic carboxylic acids is 1. The van der Waals surface area contributed by atoms with Gasteiger partial charge in [-0.1, -0.05) is 0 Å². The summed E-state index contributed by atoms with van der Waals surface area (Å²) in [6, 6.07) is 6.21. The molecule has 1 aliphatic heterocycles. The third-order valence-electron chi connectivity index (χ3n) is 3.91. The first-order chi connectivity index (χ1) is 11.5. The number of aromatic nitrogens is 2. The average molecular weight is 329 g/mol. The van der Waals surface area contributed by atoms with Gasteiger partial charge in [0, 0.05) is 5.56 Å². The van der Waals surface area contributed by atoms with E-state index in [4.69, 9.17) is 5.11 Å². The zero-order valence-corrected chi connectivity index (χ0v) is 12.0. The number of hydrogen-bond donors (Lipinski definition) is 2. The first kappa shape index (κ1) is 14.3. The molecule has 1 aromatic heterocycles. The minimum atomic E-state index is -1.43. The molecule has 120 valence electrons. The lowest BCUT2D eigenvalue weighted by molar-refractivity contribution is 0.0693. The lowest BCUT2D eigenvalue weighted by Gasteiger charge is -2.14. The number of rotatable bonds is 2. The van der Waals surface area contributed by atoms with E-state index in [1.807, 2.05) is 0 Å². The molecule has 0 atom stereocenters. The molecule has 0 saturated heterocycles. The standard InChI is InChI=1S/C16H9F2N3O3/c17-7-1-4-11-8(5-7)12(22)6-21(11)16-19-10-3-2-9(18)13(15(23)24)14(10)20-16/h1-5H,6H2,(H,19,20)(H,23,24). The summed E-state index contributed by atoms with van der Waals surface area (Å²) in [5.41, 5.74) is 0.421. The lowest BCUT2D eigenvalue weighted by atomic mass is 10.1. The maximum atomic E-state index is 13.8. The number of ketones is 1. The first-order valence-corrected chi connectivity index (χ1v) is 6.97. The Hall–Kier alpha value is -3.29. The fourth-order valence-corrected chi connectivity index (χ4v) is 2.84. The number of Topliss-reactive ketones (excluding diaryl/α,β-unsaturated/α-hetero) is 1. The highest BCUT2D eigenvalue weighted by Crippen LogP contribution is 2.34. The van der Waals surface area contributed by atoms with Gasteiger partial charge >= 0.3 is 5.97 Å². The van der Waals surface area contributed by atoms with Crippen LogP contribution in [-0.2, 0) is 0 Å². The summed E-state index contributed by atoms with van der Waals surface area (Å²) in [5.74, 6) is -2.95. The number of carbonyl (C=O) groups excluding carboxylic acids is 1. The highest BCUT2D eigenvalue weighted by Gasteiger charge is 2.30. The number of aromatic amines is 1. The third-order valence-corrected chi connectivity index (χ3v) is 3.91. The van der Waals surface area contributed by atoms with Crippen molar-refractivity contribution in [3.05, 3.63) is 53.1 Å². The third kappa shape index (κ3) is 1.96. The Morgan fingerprint density at radius 1 is 1.25 bits per heavy atom. The Morgan fingerprint density at radius 2 is 2.04 bits per heavy atom. The van der Waals surface area contributed by atoms with Gasteiger partial charge in [-0.2, -0.15) is 0 Å². The smallest absolute Gasteiger partial charge is 0.340 e. The van der Waals surface area contributed by atoms with Crippen LogP contribution in [0.4, 0.5) is 20.4 Å². The highest BCUT2D eigenvalue weighted by atomic mass is 19.1. The van der Waals surface area contributed by atoms with Gasteiger partial charge in [0.25, 0.3) is 0 Å². The van der Waals surface area contributed by atoms with Gasteiger partial charge in [-0.25, -0.2) is 18.6 Å². The van der Waals surface area contributed by atoms with Crippen LogP contribution in [0.1, 0.15) is 20.7 Å². The molecule has 2 heterocycles. The Morgan fingerprint density at radius 3 is 2.79 bits per heavy atom. The maximum Gasteiger partial charge on any atom is 0.340 e. The van der Waals surface area contributed by atoms with Crippen LogP contribution in [0.2, 0.25) is 0 Å². The van der Waals surface area contributed by atoms with Crippen LogP contribution in [0.25, 0.3) is 11.0 Å². The molecule has 8 heteroatoms. The van der Waals surface area contributed by atoms with Crippen molar-refractivity contribution in [3.63, 3.8) is 0 Å². The van der Waals surface area contributed by atoms with Gasteiger partial charge in [0.05, 0.1) is 17.7 Å². The van der Waals surface area contributed by atoms with Crippen LogP contribution < -0.4 is 4.90 Å². The van der Waals surface area contributed by atoms with Crippen LogP contribution >= 0.6 is 0 Å². The number of carboxylic acids is 1. The molecule has 0 saturated carbocycles. The molecule has 0 amide bonds. The van der Waals surface area contributed by atoms with Crippen LogP contribution in [0.5, 0.6) is 0 Å². The number of H-pyrrole nitrogens is 1. The molecule has 0 unspecified atom stereocenters. The minimum absolute atomic E-state index is 0.0412. The van der Waals surface area contributed by atoms with E-state index in [1.165, 1.54) is 23.1 Å². The second-order valence-electron chi connectivity index (χ2n) is 5.35. The number of fused-ring (bicyclic) bond motifs is 2. The number of nitrogens with one attached hydrogen (secondary N) is 1. The van der Waals surface area contributed by atoms with Crippen molar-refractivity contribution in [3.8, 4) is 0 Å².